The van der Waals surface area contributed by atoms with Crippen LogP contribution in [0.15, 0.2) is 42.5 Å². The lowest BCUT2D eigenvalue weighted by Gasteiger charge is -2.32. The van der Waals surface area contributed by atoms with Crippen molar-refractivity contribution in [3.8, 4) is 5.75 Å². The lowest BCUT2D eigenvalue weighted by atomic mass is 9.76. The van der Waals surface area contributed by atoms with Crippen LogP contribution < -0.4 is 15.0 Å². The van der Waals surface area contributed by atoms with Gasteiger partial charge in [-0.15, -0.1) is 0 Å². The molecule has 2 N–H and O–H groups in total. The molecule has 0 saturated carbocycles. The second-order valence-corrected chi connectivity index (χ2v) is 9.65. The van der Waals surface area contributed by atoms with Crippen LogP contribution >= 0.6 is 11.6 Å². The Bertz CT molecular complexity index is 1040. The Kier molecular flexibility index (Phi) is 7.31. The largest absolute Gasteiger partial charge is 0.481 e. The Labute approximate surface area is 206 Å². The van der Waals surface area contributed by atoms with Gasteiger partial charge in [0.15, 0.2) is 6.10 Å². The van der Waals surface area contributed by atoms with Gasteiger partial charge in [-0.2, -0.15) is 13.2 Å². The number of amides is 1. The molecule has 2 aliphatic heterocycles. The van der Waals surface area contributed by atoms with Crippen molar-refractivity contribution in [2.45, 2.75) is 57.0 Å². The number of benzene rings is 2. The SMILES string of the molecule is C[C@H](Oc1ccc(N2C(=O)C3(CCNCC3)CC2CC(O)c2c(F)cccc2Cl)cc1)C(F)(F)F. The molecule has 2 aromatic carbocycles. The Morgan fingerprint density at radius 2 is 1.86 bits per heavy atom. The van der Waals surface area contributed by atoms with E-state index < -0.39 is 35.7 Å². The number of alkyl halides is 3. The Hall–Kier alpha value is -2.36. The molecule has 2 unspecified atom stereocenters. The van der Waals surface area contributed by atoms with Crippen LogP contribution in [0.3, 0.4) is 0 Å². The van der Waals surface area contributed by atoms with Gasteiger partial charge in [0.2, 0.25) is 5.91 Å². The van der Waals surface area contributed by atoms with E-state index in [1.54, 1.807) is 4.90 Å². The molecule has 190 valence electrons. The minimum atomic E-state index is -4.50. The molecule has 2 aliphatic rings. The van der Waals surface area contributed by atoms with E-state index in [0.29, 0.717) is 38.0 Å². The van der Waals surface area contributed by atoms with Gasteiger partial charge in [-0.05, 0) is 82.1 Å². The van der Waals surface area contributed by atoms with Gasteiger partial charge in [-0.1, -0.05) is 17.7 Å². The van der Waals surface area contributed by atoms with Crippen LogP contribution in [0.25, 0.3) is 0 Å². The average molecular weight is 515 g/mol. The van der Waals surface area contributed by atoms with Crippen molar-refractivity contribution in [1.82, 2.24) is 5.32 Å². The van der Waals surface area contributed by atoms with Crippen molar-refractivity contribution in [3.63, 3.8) is 0 Å². The first-order valence-electron chi connectivity index (χ1n) is 11.5. The van der Waals surface area contributed by atoms with Crippen molar-refractivity contribution in [3.05, 3.63) is 58.9 Å². The number of ether oxygens (including phenoxy) is 1. The first kappa shape index (κ1) is 25.7. The monoisotopic (exact) mass is 514 g/mol. The zero-order valence-electron chi connectivity index (χ0n) is 19.1. The molecule has 4 rings (SSSR count). The Morgan fingerprint density at radius 1 is 1.20 bits per heavy atom. The fourth-order valence-corrected chi connectivity index (χ4v) is 5.34. The molecule has 2 aromatic rings. The van der Waals surface area contributed by atoms with E-state index in [1.807, 2.05) is 0 Å². The summed E-state index contributed by atoms with van der Waals surface area (Å²) in [5.41, 5.74) is -0.152. The topological polar surface area (TPSA) is 61.8 Å². The zero-order valence-corrected chi connectivity index (χ0v) is 19.9. The summed E-state index contributed by atoms with van der Waals surface area (Å²) >= 11 is 6.14. The van der Waals surface area contributed by atoms with E-state index >= 15 is 0 Å². The summed E-state index contributed by atoms with van der Waals surface area (Å²) in [5.74, 6) is -0.706. The normalized spacial score (nSPS) is 21.9. The molecule has 0 radical (unpaired) electrons. The maximum atomic E-state index is 14.4. The number of halogens is 5. The second kappa shape index (κ2) is 9.95. The van der Waals surface area contributed by atoms with Gasteiger partial charge in [0, 0.05) is 22.3 Å². The quantitative estimate of drug-likeness (QED) is 0.506. The standard InChI is InChI=1S/C25H27ClF4N2O3/c1-15(25(28,29)30)35-18-7-5-16(6-8-18)32-17(14-24(23(32)34)9-11-31-12-10-24)13-21(33)22-19(26)3-2-4-20(22)27/h2-8,15,17,21,31,33H,9-14H2,1H3/t15-,17?,21?/m0/s1. The Morgan fingerprint density at radius 3 is 2.46 bits per heavy atom. The number of piperidine rings is 1. The predicted octanol–water partition coefficient (Wildman–Crippen LogP) is 5.41. The molecular formula is C25H27ClF4N2O3. The van der Waals surface area contributed by atoms with Gasteiger partial charge in [0.05, 0.1) is 11.5 Å². The minimum Gasteiger partial charge on any atom is -0.481 e. The fourth-order valence-electron chi connectivity index (χ4n) is 5.05. The van der Waals surface area contributed by atoms with E-state index in [4.69, 9.17) is 16.3 Å². The molecular weight excluding hydrogens is 488 g/mol. The highest BCUT2D eigenvalue weighted by Crippen LogP contribution is 2.47. The summed E-state index contributed by atoms with van der Waals surface area (Å²) < 4.78 is 57.9. The van der Waals surface area contributed by atoms with Crippen molar-refractivity contribution < 1.29 is 32.2 Å². The number of hydrogen-bond donors (Lipinski definition) is 2. The van der Waals surface area contributed by atoms with Gasteiger partial charge in [-0.25, -0.2) is 4.39 Å². The van der Waals surface area contributed by atoms with Crippen LogP contribution in [-0.4, -0.2) is 42.4 Å². The first-order valence-corrected chi connectivity index (χ1v) is 11.9. The molecule has 1 spiro atoms. The van der Waals surface area contributed by atoms with E-state index in [2.05, 4.69) is 5.32 Å². The number of carbonyl (C=O) groups is 1. The average Bonchev–Trinajstić information content (AvgIpc) is 3.04. The van der Waals surface area contributed by atoms with Crippen LogP contribution in [-0.2, 0) is 4.79 Å². The van der Waals surface area contributed by atoms with Gasteiger partial charge >= 0.3 is 6.18 Å². The summed E-state index contributed by atoms with van der Waals surface area (Å²) in [6.45, 7) is 2.27. The van der Waals surface area contributed by atoms with Crippen LogP contribution in [0.4, 0.5) is 23.2 Å². The number of aliphatic hydroxyl groups excluding tert-OH is 1. The van der Waals surface area contributed by atoms with E-state index in [-0.39, 0.29) is 28.7 Å². The lowest BCUT2D eigenvalue weighted by molar-refractivity contribution is -0.189. The van der Waals surface area contributed by atoms with Crippen LogP contribution in [0.1, 0.15) is 44.3 Å². The third kappa shape index (κ3) is 5.27. The van der Waals surface area contributed by atoms with Crippen molar-refractivity contribution in [2.75, 3.05) is 18.0 Å². The third-order valence-corrected chi connectivity index (χ3v) is 7.27. The summed E-state index contributed by atoms with van der Waals surface area (Å²) in [5, 5.41) is 14.3. The predicted molar refractivity (Wildman–Crippen MR) is 124 cm³/mol. The molecule has 0 bridgehead atoms. The van der Waals surface area contributed by atoms with E-state index in [1.165, 1.54) is 42.5 Å². The number of anilines is 1. The third-order valence-electron chi connectivity index (χ3n) is 6.94. The molecule has 0 aliphatic carbocycles. The highest BCUT2D eigenvalue weighted by Gasteiger charge is 2.52. The van der Waals surface area contributed by atoms with Crippen molar-refractivity contribution in [1.29, 1.82) is 0 Å². The highest BCUT2D eigenvalue weighted by atomic mass is 35.5. The van der Waals surface area contributed by atoms with E-state index in [0.717, 1.165) is 6.92 Å². The zero-order chi connectivity index (χ0) is 25.4. The molecule has 2 heterocycles. The highest BCUT2D eigenvalue weighted by molar-refractivity contribution is 6.31. The minimum absolute atomic E-state index is 0.0160. The molecule has 2 fully saturated rings. The Balaban J connectivity index is 1.61. The number of carbonyl (C=O) groups excluding carboxylic acids is 1. The number of hydrogen-bond acceptors (Lipinski definition) is 4. The second-order valence-electron chi connectivity index (χ2n) is 9.25. The lowest BCUT2D eigenvalue weighted by Crippen LogP contribution is -2.43. The summed E-state index contributed by atoms with van der Waals surface area (Å²) in [4.78, 5) is 15.3. The van der Waals surface area contributed by atoms with Crippen molar-refractivity contribution in [2.24, 2.45) is 5.41 Å². The van der Waals surface area contributed by atoms with Crippen molar-refractivity contribution >= 4 is 23.2 Å². The molecule has 35 heavy (non-hydrogen) atoms. The molecule has 1 amide bonds. The van der Waals surface area contributed by atoms with Crippen LogP contribution in [0.2, 0.25) is 5.02 Å². The molecule has 2 saturated heterocycles. The van der Waals surface area contributed by atoms with Gasteiger partial charge in [-0.3, -0.25) is 4.79 Å². The summed E-state index contributed by atoms with van der Waals surface area (Å²) in [6, 6.07) is 9.56. The smallest absolute Gasteiger partial charge is 0.425 e. The van der Waals surface area contributed by atoms with Crippen LogP contribution in [0, 0.1) is 11.2 Å². The maximum Gasteiger partial charge on any atom is 0.425 e. The van der Waals surface area contributed by atoms with E-state index in [9.17, 15) is 27.5 Å². The molecule has 3 atom stereocenters. The molecule has 0 aromatic heterocycles. The van der Waals surface area contributed by atoms with Gasteiger partial charge in [0.25, 0.3) is 0 Å². The molecule has 5 nitrogen and oxygen atoms in total. The number of nitrogens with zero attached hydrogens (tertiary/aromatic N) is 1. The number of nitrogens with one attached hydrogen (secondary N) is 1. The first-order chi connectivity index (χ1) is 16.5. The summed E-state index contributed by atoms with van der Waals surface area (Å²) in [7, 11) is 0. The fraction of sp³-hybridized carbons (Fsp3) is 0.480. The number of rotatable bonds is 6. The van der Waals surface area contributed by atoms with Gasteiger partial charge in [0.1, 0.15) is 11.6 Å². The summed E-state index contributed by atoms with van der Waals surface area (Å²) in [6.07, 6.45) is -5.94. The molecule has 10 heteroatoms. The maximum absolute atomic E-state index is 14.4. The van der Waals surface area contributed by atoms with Gasteiger partial charge < -0.3 is 20.1 Å². The van der Waals surface area contributed by atoms with Crippen LogP contribution in [0.5, 0.6) is 5.75 Å². The number of aliphatic hydroxyl groups is 1.